The summed E-state index contributed by atoms with van der Waals surface area (Å²) in [6.07, 6.45) is -0.288. The number of benzene rings is 1. The molecule has 0 heterocycles. The highest BCUT2D eigenvalue weighted by atomic mass is 79.9. The molecule has 1 aromatic rings. The fraction of sp³-hybridized carbons (Fsp3) is 0.588. The molecule has 23 heavy (non-hydrogen) atoms. The Bertz CT molecular complexity index is 532. The predicted octanol–water partition coefficient (Wildman–Crippen LogP) is 4.70. The highest BCUT2D eigenvalue weighted by Crippen LogP contribution is 2.23. The van der Waals surface area contributed by atoms with Crippen LogP contribution in [0.5, 0.6) is 0 Å². The van der Waals surface area contributed by atoms with Gasteiger partial charge >= 0.3 is 6.09 Å². The SMILES string of the molecule is CC(CNCc1ccc(Br)c(Cl)c1)CN(C)C(=O)OC(C)(C)C. The third-order valence-corrected chi connectivity index (χ3v) is 4.33. The van der Waals surface area contributed by atoms with Crippen LogP contribution in [0.25, 0.3) is 0 Å². The van der Waals surface area contributed by atoms with Gasteiger partial charge in [0.05, 0.1) is 5.02 Å². The lowest BCUT2D eigenvalue weighted by molar-refractivity contribution is 0.0277. The summed E-state index contributed by atoms with van der Waals surface area (Å²) < 4.78 is 6.24. The molecule has 0 saturated carbocycles. The smallest absolute Gasteiger partial charge is 0.410 e. The van der Waals surface area contributed by atoms with E-state index in [9.17, 15) is 4.79 Å². The van der Waals surface area contributed by atoms with Crippen LogP contribution in [-0.2, 0) is 11.3 Å². The van der Waals surface area contributed by atoms with Crippen LogP contribution in [0.2, 0.25) is 5.02 Å². The van der Waals surface area contributed by atoms with Crippen molar-refractivity contribution in [3.05, 3.63) is 33.3 Å². The zero-order valence-electron chi connectivity index (χ0n) is 14.5. The number of carbonyl (C=O) groups is 1. The van der Waals surface area contributed by atoms with Crippen LogP contribution in [0.4, 0.5) is 4.79 Å². The minimum Gasteiger partial charge on any atom is -0.444 e. The zero-order chi connectivity index (χ0) is 17.6. The standard InChI is InChI=1S/C17H26BrClN2O2/c1-12(11-21(5)16(22)23-17(2,3)4)9-20-10-13-6-7-14(18)15(19)8-13/h6-8,12,20H,9-11H2,1-5H3. The summed E-state index contributed by atoms with van der Waals surface area (Å²) in [6.45, 7) is 9.90. The lowest BCUT2D eigenvalue weighted by Crippen LogP contribution is -2.38. The van der Waals surface area contributed by atoms with E-state index in [4.69, 9.17) is 16.3 Å². The van der Waals surface area contributed by atoms with Crippen molar-refractivity contribution < 1.29 is 9.53 Å². The molecule has 0 aliphatic heterocycles. The van der Waals surface area contributed by atoms with Crippen molar-refractivity contribution in [1.82, 2.24) is 10.2 Å². The first kappa shape index (κ1) is 20.3. The Morgan fingerprint density at radius 2 is 2.09 bits per heavy atom. The average molecular weight is 406 g/mol. The van der Waals surface area contributed by atoms with Crippen molar-refractivity contribution in [2.75, 3.05) is 20.1 Å². The quantitative estimate of drug-likeness (QED) is 0.746. The maximum atomic E-state index is 11.9. The molecule has 0 radical (unpaired) electrons. The zero-order valence-corrected chi connectivity index (χ0v) is 16.8. The summed E-state index contributed by atoms with van der Waals surface area (Å²) in [5, 5.41) is 4.10. The average Bonchev–Trinajstić information content (AvgIpc) is 2.40. The van der Waals surface area contributed by atoms with E-state index in [1.54, 1.807) is 11.9 Å². The Kier molecular flexibility index (Phi) is 7.84. The maximum Gasteiger partial charge on any atom is 0.410 e. The molecule has 0 bridgehead atoms. The maximum absolute atomic E-state index is 11.9. The van der Waals surface area contributed by atoms with Gasteiger partial charge < -0.3 is 15.0 Å². The summed E-state index contributed by atoms with van der Waals surface area (Å²) in [6, 6.07) is 5.91. The van der Waals surface area contributed by atoms with Crippen molar-refractivity contribution in [2.45, 2.75) is 39.8 Å². The Hall–Kier alpha value is -0.780. The van der Waals surface area contributed by atoms with Gasteiger partial charge in [0, 0.05) is 24.6 Å². The molecular weight excluding hydrogens is 380 g/mol. The molecule has 0 aliphatic rings. The molecule has 0 aliphatic carbocycles. The van der Waals surface area contributed by atoms with Crippen LogP contribution in [0.1, 0.15) is 33.3 Å². The number of ether oxygens (including phenoxy) is 1. The molecule has 4 nitrogen and oxygen atoms in total. The third-order valence-electron chi connectivity index (χ3n) is 3.10. The van der Waals surface area contributed by atoms with E-state index in [0.717, 1.165) is 23.1 Å². The minimum atomic E-state index is -0.465. The van der Waals surface area contributed by atoms with Gasteiger partial charge in [-0.3, -0.25) is 0 Å². The van der Waals surface area contributed by atoms with E-state index in [0.29, 0.717) is 17.5 Å². The third kappa shape index (κ3) is 8.04. The lowest BCUT2D eigenvalue weighted by atomic mass is 10.1. The molecule has 1 unspecified atom stereocenters. The molecule has 0 fully saturated rings. The van der Waals surface area contributed by atoms with Crippen LogP contribution in [0, 0.1) is 5.92 Å². The summed E-state index contributed by atoms with van der Waals surface area (Å²) in [7, 11) is 1.76. The van der Waals surface area contributed by atoms with Crippen LogP contribution in [0.3, 0.4) is 0 Å². The molecule has 0 aromatic heterocycles. The Morgan fingerprint density at radius 3 is 2.65 bits per heavy atom. The van der Waals surface area contributed by atoms with Gasteiger partial charge in [-0.15, -0.1) is 0 Å². The van der Waals surface area contributed by atoms with Crippen LogP contribution < -0.4 is 5.32 Å². The van der Waals surface area contributed by atoms with Gasteiger partial charge in [-0.1, -0.05) is 24.6 Å². The molecule has 130 valence electrons. The Balaban J connectivity index is 2.34. The topological polar surface area (TPSA) is 41.6 Å². The van der Waals surface area contributed by atoms with E-state index in [2.05, 4.69) is 28.2 Å². The van der Waals surface area contributed by atoms with Crippen molar-refractivity contribution in [3.8, 4) is 0 Å². The first-order valence-corrected chi connectivity index (χ1v) is 8.84. The fourth-order valence-electron chi connectivity index (χ4n) is 2.06. The second kappa shape index (κ2) is 8.90. The number of hydrogen-bond donors (Lipinski definition) is 1. The minimum absolute atomic E-state index is 0.288. The summed E-state index contributed by atoms with van der Waals surface area (Å²) in [5.74, 6) is 0.318. The lowest BCUT2D eigenvalue weighted by Gasteiger charge is -2.26. The van der Waals surface area contributed by atoms with Crippen molar-refractivity contribution >= 4 is 33.6 Å². The highest BCUT2D eigenvalue weighted by Gasteiger charge is 2.20. The molecule has 0 spiro atoms. The van der Waals surface area contributed by atoms with Crippen molar-refractivity contribution in [2.24, 2.45) is 5.92 Å². The summed E-state index contributed by atoms with van der Waals surface area (Å²) >= 11 is 9.46. The van der Waals surface area contributed by atoms with E-state index in [1.807, 2.05) is 39.0 Å². The van der Waals surface area contributed by atoms with Gasteiger partial charge in [-0.25, -0.2) is 4.79 Å². The number of amides is 1. The van der Waals surface area contributed by atoms with Gasteiger partial charge in [0.1, 0.15) is 5.60 Å². The molecule has 1 amide bonds. The first-order valence-electron chi connectivity index (χ1n) is 7.67. The second-order valence-corrected chi connectivity index (χ2v) is 8.11. The van der Waals surface area contributed by atoms with Gasteiger partial charge in [-0.05, 0) is 66.9 Å². The predicted molar refractivity (Wildman–Crippen MR) is 98.9 cm³/mol. The monoisotopic (exact) mass is 404 g/mol. The number of carbonyl (C=O) groups excluding carboxylic acids is 1. The van der Waals surface area contributed by atoms with Crippen molar-refractivity contribution in [1.29, 1.82) is 0 Å². The van der Waals surface area contributed by atoms with Crippen LogP contribution in [-0.4, -0.2) is 36.7 Å². The molecule has 6 heteroatoms. The second-order valence-electron chi connectivity index (χ2n) is 6.85. The number of halogens is 2. The largest absolute Gasteiger partial charge is 0.444 e. The molecule has 1 aromatic carbocycles. The summed E-state index contributed by atoms with van der Waals surface area (Å²) in [4.78, 5) is 13.5. The van der Waals surface area contributed by atoms with Crippen molar-refractivity contribution in [3.63, 3.8) is 0 Å². The molecular formula is C17H26BrClN2O2. The highest BCUT2D eigenvalue weighted by molar-refractivity contribution is 9.10. The van der Waals surface area contributed by atoms with E-state index in [1.165, 1.54) is 0 Å². The van der Waals surface area contributed by atoms with Crippen LogP contribution >= 0.6 is 27.5 Å². The number of hydrogen-bond acceptors (Lipinski definition) is 3. The first-order chi connectivity index (χ1) is 10.6. The number of rotatable bonds is 6. The van der Waals surface area contributed by atoms with Gasteiger partial charge in [0.25, 0.3) is 0 Å². The number of nitrogens with one attached hydrogen (secondary N) is 1. The normalized spacial score (nSPS) is 12.8. The van der Waals surface area contributed by atoms with E-state index < -0.39 is 5.60 Å². The molecule has 1 atom stereocenters. The molecule has 0 saturated heterocycles. The van der Waals surface area contributed by atoms with Crippen LogP contribution in [0.15, 0.2) is 22.7 Å². The van der Waals surface area contributed by atoms with Gasteiger partial charge in [0.2, 0.25) is 0 Å². The van der Waals surface area contributed by atoms with Gasteiger partial charge in [-0.2, -0.15) is 0 Å². The fourth-order valence-corrected chi connectivity index (χ4v) is 2.51. The van der Waals surface area contributed by atoms with E-state index >= 15 is 0 Å². The Labute approximate surface area is 152 Å². The number of nitrogens with zero attached hydrogens (tertiary/aromatic N) is 1. The van der Waals surface area contributed by atoms with Gasteiger partial charge in [0.15, 0.2) is 0 Å². The summed E-state index contributed by atoms with van der Waals surface area (Å²) in [5.41, 5.74) is 0.666. The molecule has 1 rings (SSSR count). The Morgan fingerprint density at radius 1 is 1.43 bits per heavy atom. The molecule has 1 N–H and O–H groups in total. The van der Waals surface area contributed by atoms with E-state index in [-0.39, 0.29) is 6.09 Å².